The normalized spacial score (nSPS) is 10.5. The van der Waals surface area contributed by atoms with E-state index in [1.807, 2.05) is 0 Å². The van der Waals surface area contributed by atoms with Gasteiger partial charge in [-0.2, -0.15) is 0 Å². The second kappa shape index (κ2) is 2.44. The molecule has 2 aromatic rings. The molecule has 0 aliphatic rings. The quantitative estimate of drug-likeness (QED) is 0.660. The van der Waals surface area contributed by atoms with Gasteiger partial charge in [0.05, 0.1) is 5.39 Å². The molecule has 6 nitrogen and oxygen atoms in total. The van der Waals surface area contributed by atoms with Gasteiger partial charge < -0.3 is 15.4 Å². The highest BCUT2D eigenvalue weighted by Gasteiger charge is 2.10. The van der Waals surface area contributed by atoms with Crippen LogP contribution in [0.3, 0.4) is 0 Å². The van der Waals surface area contributed by atoms with E-state index in [2.05, 4.69) is 10.1 Å². The summed E-state index contributed by atoms with van der Waals surface area (Å²) in [7, 11) is 0. The number of anilines is 1. The van der Waals surface area contributed by atoms with Crippen molar-refractivity contribution in [2.45, 2.75) is 0 Å². The Morgan fingerprint density at radius 3 is 3.08 bits per heavy atom. The Kier molecular flexibility index (Phi) is 1.42. The summed E-state index contributed by atoms with van der Waals surface area (Å²) in [5.41, 5.74) is 5.64. The highest BCUT2D eigenvalue weighted by molar-refractivity contribution is 5.92. The molecular weight excluding hydrogens is 174 g/mol. The SMILES string of the molecule is Nc1noc2cc(C(=O)O)ncc12. The average molecular weight is 179 g/mol. The van der Waals surface area contributed by atoms with Crippen LogP contribution in [0.25, 0.3) is 11.0 Å². The lowest BCUT2D eigenvalue weighted by Gasteiger charge is -1.91. The van der Waals surface area contributed by atoms with Gasteiger partial charge in [-0.15, -0.1) is 0 Å². The van der Waals surface area contributed by atoms with E-state index in [1.54, 1.807) is 0 Å². The van der Waals surface area contributed by atoms with Crippen LogP contribution in [0.1, 0.15) is 10.5 Å². The van der Waals surface area contributed by atoms with Gasteiger partial charge in [-0.05, 0) is 0 Å². The first kappa shape index (κ1) is 7.53. The summed E-state index contributed by atoms with van der Waals surface area (Å²) in [6.07, 6.45) is 1.32. The van der Waals surface area contributed by atoms with Crippen molar-refractivity contribution in [2.24, 2.45) is 0 Å². The Hall–Kier alpha value is -2.11. The number of hydrogen-bond acceptors (Lipinski definition) is 5. The standard InChI is InChI=1S/C7H5N3O3/c8-6-3-2-9-4(7(11)12)1-5(3)13-10-6/h1-2H,(H2,8,10)(H,11,12). The second-order valence-electron chi connectivity index (χ2n) is 2.44. The second-order valence-corrected chi connectivity index (χ2v) is 2.44. The largest absolute Gasteiger partial charge is 0.477 e. The van der Waals surface area contributed by atoms with Crippen molar-refractivity contribution >= 4 is 22.8 Å². The topological polar surface area (TPSA) is 102 Å². The number of carboxylic acid groups (broad SMARTS) is 1. The van der Waals surface area contributed by atoms with Crippen molar-refractivity contribution in [2.75, 3.05) is 5.73 Å². The summed E-state index contributed by atoms with van der Waals surface area (Å²) in [4.78, 5) is 14.2. The van der Waals surface area contributed by atoms with Crippen molar-refractivity contribution in [3.63, 3.8) is 0 Å². The van der Waals surface area contributed by atoms with E-state index in [0.717, 1.165) is 0 Å². The monoisotopic (exact) mass is 179 g/mol. The number of hydrogen-bond donors (Lipinski definition) is 2. The van der Waals surface area contributed by atoms with Crippen LogP contribution in [0.2, 0.25) is 0 Å². The van der Waals surface area contributed by atoms with Crippen LogP contribution in [-0.2, 0) is 0 Å². The molecule has 0 aliphatic heterocycles. The summed E-state index contributed by atoms with van der Waals surface area (Å²) >= 11 is 0. The third-order valence-corrected chi connectivity index (χ3v) is 1.60. The lowest BCUT2D eigenvalue weighted by Crippen LogP contribution is -1.98. The van der Waals surface area contributed by atoms with E-state index in [9.17, 15) is 4.79 Å². The molecular formula is C7H5N3O3. The van der Waals surface area contributed by atoms with Gasteiger partial charge in [0.2, 0.25) is 0 Å². The summed E-state index contributed by atoms with van der Waals surface area (Å²) in [6.45, 7) is 0. The predicted molar refractivity (Wildman–Crippen MR) is 43.2 cm³/mol. The molecule has 0 aromatic carbocycles. The Bertz CT molecular complexity index is 477. The van der Waals surface area contributed by atoms with Crippen LogP contribution < -0.4 is 5.73 Å². The fourth-order valence-electron chi connectivity index (χ4n) is 0.969. The first-order valence-corrected chi connectivity index (χ1v) is 3.42. The molecule has 6 heteroatoms. The minimum atomic E-state index is -1.11. The molecule has 2 rings (SSSR count). The van der Waals surface area contributed by atoms with E-state index in [4.69, 9.17) is 15.4 Å². The van der Waals surface area contributed by atoms with Gasteiger partial charge in [-0.3, -0.25) is 0 Å². The zero-order valence-electron chi connectivity index (χ0n) is 6.39. The molecule has 0 radical (unpaired) electrons. The first-order chi connectivity index (χ1) is 6.18. The molecule has 0 amide bonds. The van der Waals surface area contributed by atoms with Crippen molar-refractivity contribution in [1.82, 2.24) is 10.1 Å². The maximum Gasteiger partial charge on any atom is 0.354 e. The van der Waals surface area contributed by atoms with Gasteiger partial charge in [-0.25, -0.2) is 9.78 Å². The van der Waals surface area contributed by atoms with Crippen LogP contribution in [-0.4, -0.2) is 21.2 Å². The molecule has 13 heavy (non-hydrogen) atoms. The van der Waals surface area contributed by atoms with Gasteiger partial charge in [0, 0.05) is 12.3 Å². The van der Waals surface area contributed by atoms with E-state index in [-0.39, 0.29) is 11.5 Å². The zero-order valence-corrected chi connectivity index (χ0v) is 6.39. The number of nitrogen functional groups attached to an aromatic ring is 1. The maximum absolute atomic E-state index is 10.5. The number of aromatic carboxylic acids is 1. The van der Waals surface area contributed by atoms with Crippen molar-refractivity contribution in [1.29, 1.82) is 0 Å². The molecule has 2 aromatic heterocycles. The number of pyridine rings is 1. The predicted octanol–water partition coefficient (Wildman–Crippen LogP) is 0.503. The lowest BCUT2D eigenvalue weighted by molar-refractivity contribution is 0.0690. The molecule has 0 spiro atoms. The van der Waals surface area contributed by atoms with Crippen LogP contribution in [0.15, 0.2) is 16.8 Å². The van der Waals surface area contributed by atoms with Crippen molar-refractivity contribution in [3.05, 3.63) is 18.0 Å². The molecule has 3 N–H and O–H groups in total. The summed E-state index contributed by atoms with van der Waals surface area (Å²) < 4.78 is 4.76. The number of nitrogens with two attached hydrogens (primary N) is 1. The molecule has 0 unspecified atom stereocenters. The number of rotatable bonds is 1. The smallest absolute Gasteiger partial charge is 0.354 e. The third-order valence-electron chi connectivity index (χ3n) is 1.60. The fraction of sp³-hybridized carbons (Fsp3) is 0. The van der Waals surface area contributed by atoms with Gasteiger partial charge in [-0.1, -0.05) is 5.16 Å². The molecule has 0 fully saturated rings. The number of aromatic nitrogens is 2. The maximum atomic E-state index is 10.5. The van der Waals surface area contributed by atoms with Gasteiger partial charge >= 0.3 is 5.97 Å². The van der Waals surface area contributed by atoms with Crippen molar-refractivity contribution in [3.8, 4) is 0 Å². The third kappa shape index (κ3) is 1.08. The van der Waals surface area contributed by atoms with Crippen LogP contribution in [0.5, 0.6) is 0 Å². The average Bonchev–Trinajstić information content (AvgIpc) is 2.47. The van der Waals surface area contributed by atoms with E-state index in [1.165, 1.54) is 12.3 Å². The molecule has 2 heterocycles. The lowest BCUT2D eigenvalue weighted by atomic mass is 10.3. The van der Waals surface area contributed by atoms with E-state index in [0.29, 0.717) is 11.0 Å². The van der Waals surface area contributed by atoms with E-state index < -0.39 is 5.97 Å². The summed E-state index contributed by atoms with van der Waals surface area (Å²) in [6, 6.07) is 1.28. The Balaban J connectivity index is 2.70. The number of nitrogens with zero attached hydrogens (tertiary/aromatic N) is 2. The first-order valence-electron chi connectivity index (χ1n) is 3.42. The molecule has 66 valence electrons. The van der Waals surface area contributed by atoms with Crippen molar-refractivity contribution < 1.29 is 14.4 Å². The van der Waals surface area contributed by atoms with Crippen LogP contribution in [0.4, 0.5) is 5.82 Å². The molecule has 0 aliphatic carbocycles. The number of carboxylic acids is 1. The zero-order chi connectivity index (χ0) is 9.42. The van der Waals surface area contributed by atoms with Crippen LogP contribution >= 0.6 is 0 Å². The molecule has 0 bridgehead atoms. The van der Waals surface area contributed by atoms with Crippen LogP contribution in [0, 0.1) is 0 Å². The van der Waals surface area contributed by atoms with Gasteiger partial charge in [0.15, 0.2) is 17.1 Å². The Morgan fingerprint density at radius 1 is 1.62 bits per heavy atom. The fourth-order valence-corrected chi connectivity index (χ4v) is 0.969. The Morgan fingerprint density at radius 2 is 2.38 bits per heavy atom. The summed E-state index contributed by atoms with van der Waals surface area (Å²) in [5, 5.41) is 12.6. The molecule has 0 saturated heterocycles. The minimum absolute atomic E-state index is 0.0938. The molecule has 0 atom stereocenters. The van der Waals surface area contributed by atoms with Gasteiger partial charge in [0.1, 0.15) is 0 Å². The van der Waals surface area contributed by atoms with E-state index >= 15 is 0 Å². The minimum Gasteiger partial charge on any atom is -0.477 e. The molecule has 0 saturated carbocycles. The highest BCUT2D eigenvalue weighted by Crippen LogP contribution is 2.19. The summed E-state index contributed by atoms with van der Waals surface area (Å²) in [5.74, 6) is -0.906. The number of fused-ring (bicyclic) bond motifs is 1. The number of carbonyl (C=O) groups is 1. The Labute approximate surface area is 72.0 Å². The highest BCUT2D eigenvalue weighted by atomic mass is 16.5. The van der Waals surface area contributed by atoms with Gasteiger partial charge in [0.25, 0.3) is 0 Å².